The third kappa shape index (κ3) is 4.66. The number of nitrogens with two attached hydrogens (primary N) is 1. The maximum Gasteiger partial charge on any atom is 0.237 e. The second-order valence-electron chi connectivity index (χ2n) is 7.08. The van der Waals surface area contributed by atoms with Crippen LogP contribution in [0.25, 0.3) is 0 Å². The zero-order chi connectivity index (χ0) is 15.5. The van der Waals surface area contributed by atoms with Gasteiger partial charge in [0.05, 0.1) is 5.54 Å². The van der Waals surface area contributed by atoms with Crippen LogP contribution in [0.1, 0.15) is 46.0 Å². The van der Waals surface area contributed by atoms with Crippen molar-refractivity contribution in [1.82, 2.24) is 15.1 Å². The molecule has 2 fully saturated rings. The van der Waals surface area contributed by atoms with Crippen LogP contribution >= 0.6 is 0 Å². The van der Waals surface area contributed by atoms with Crippen LogP contribution in [0.5, 0.6) is 0 Å². The molecule has 1 saturated heterocycles. The summed E-state index contributed by atoms with van der Waals surface area (Å²) in [5.74, 6) is -0.214. The molecule has 1 amide bonds. The highest BCUT2D eigenvalue weighted by molar-refractivity contribution is 5.84. The summed E-state index contributed by atoms with van der Waals surface area (Å²) in [5.41, 5.74) is 5.10. The van der Waals surface area contributed by atoms with Gasteiger partial charge in [-0.25, -0.2) is 0 Å². The third-order valence-corrected chi connectivity index (χ3v) is 5.04. The van der Waals surface area contributed by atoms with Gasteiger partial charge in [-0.3, -0.25) is 9.69 Å². The molecule has 0 aromatic rings. The van der Waals surface area contributed by atoms with Gasteiger partial charge in [-0.2, -0.15) is 0 Å². The van der Waals surface area contributed by atoms with Crippen LogP contribution in [0.15, 0.2) is 0 Å². The molecular weight excluding hydrogens is 264 g/mol. The minimum absolute atomic E-state index is 0.214. The average Bonchev–Trinajstić information content (AvgIpc) is 3.24. The molecule has 5 heteroatoms. The molecule has 0 spiro atoms. The first kappa shape index (κ1) is 16.7. The van der Waals surface area contributed by atoms with E-state index in [-0.39, 0.29) is 5.91 Å². The molecule has 0 aromatic heterocycles. The fraction of sp³-hybridized carbons (Fsp3) is 0.938. The van der Waals surface area contributed by atoms with Crippen molar-refractivity contribution >= 4 is 5.91 Å². The van der Waals surface area contributed by atoms with E-state index in [4.69, 9.17) is 5.73 Å². The topological polar surface area (TPSA) is 61.6 Å². The molecule has 1 aliphatic carbocycles. The van der Waals surface area contributed by atoms with E-state index in [1.165, 1.54) is 25.8 Å². The van der Waals surface area contributed by atoms with E-state index in [0.29, 0.717) is 12.1 Å². The number of primary amides is 1. The summed E-state index contributed by atoms with van der Waals surface area (Å²) in [6, 6.07) is 1.09. The molecule has 0 aromatic carbocycles. The summed E-state index contributed by atoms with van der Waals surface area (Å²) in [5, 5.41) is 3.45. The van der Waals surface area contributed by atoms with Gasteiger partial charge in [-0.15, -0.1) is 0 Å². The van der Waals surface area contributed by atoms with Gasteiger partial charge in [0.15, 0.2) is 0 Å². The van der Waals surface area contributed by atoms with E-state index in [0.717, 1.165) is 32.5 Å². The van der Waals surface area contributed by atoms with Gasteiger partial charge in [0.1, 0.15) is 0 Å². The summed E-state index contributed by atoms with van der Waals surface area (Å²) in [6.45, 7) is 8.60. The van der Waals surface area contributed by atoms with Gasteiger partial charge >= 0.3 is 0 Å². The fourth-order valence-electron chi connectivity index (χ4n) is 3.29. The molecule has 122 valence electrons. The van der Waals surface area contributed by atoms with Gasteiger partial charge in [0.25, 0.3) is 0 Å². The molecule has 2 unspecified atom stereocenters. The first-order chi connectivity index (χ1) is 9.94. The monoisotopic (exact) mass is 296 g/mol. The molecule has 2 rings (SSSR count). The van der Waals surface area contributed by atoms with Gasteiger partial charge < -0.3 is 16.0 Å². The molecule has 2 atom stereocenters. The van der Waals surface area contributed by atoms with Gasteiger partial charge in [-0.1, -0.05) is 6.92 Å². The number of likely N-dealkylation sites (N-methyl/N-ethyl adjacent to an activating group) is 1. The van der Waals surface area contributed by atoms with Crippen molar-refractivity contribution in [1.29, 1.82) is 0 Å². The first-order valence-corrected chi connectivity index (χ1v) is 8.45. The zero-order valence-electron chi connectivity index (χ0n) is 13.9. The number of carbonyl (C=O) groups excluding carboxylic acids is 1. The van der Waals surface area contributed by atoms with Crippen molar-refractivity contribution in [2.45, 2.75) is 63.6 Å². The molecule has 5 nitrogen and oxygen atoms in total. The van der Waals surface area contributed by atoms with Crippen LogP contribution in [0.2, 0.25) is 0 Å². The summed E-state index contributed by atoms with van der Waals surface area (Å²) in [4.78, 5) is 16.8. The lowest BCUT2D eigenvalue weighted by Gasteiger charge is -2.34. The fourth-order valence-corrected chi connectivity index (χ4v) is 3.29. The van der Waals surface area contributed by atoms with Crippen LogP contribution in [-0.2, 0) is 4.79 Å². The number of carbonyl (C=O) groups is 1. The van der Waals surface area contributed by atoms with E-state index < -0.39 is 5.54 Å². The largest absolute Gasteiger partial charge is 0.368 e. The SMILES string of the molecule is CCC1CN(C)CCCN1CCC(C)(NC1CC1)C(N)=O. The van der Waals surface area contributed by atoms with Crippen molar-refractivity contribution in [2.75, 3.05) is 33.2 Å². The number of amides is 1. The molecular formula is C16H32N4O. The Bertz CT molecular complexity index is 358. The lowest BCUT2D eigenvalue weighted by atomic mass is 9.95. The predicted octanol–water partition coefficient (Wildman–Crippen LogP) is 0.789. The van der Waals surface area contributed by atoms with Crippen molar-refractivity contribution in [3.05, 3.63) is 0 Å². The van der Waals surface area contributed by atoms with Crippen molar-refractivity contribution in [2.24, 2.45) is 5.73 Å². The predicted molar refractivity (Wildman–Crippen MR) is 86.1 cm³/mol. The Hall–Kier alpha value is -0.650. The van der Waals surface area contributed by atoms with Gasteiger partial charge in [-0.05, 0) is 59.2 Å². The highest BCUT2D eigenvalue weighted by atomic mass is 16.1. The maximum absolute atomic E-state index is 11.9. The van der Waals surface area contributed by atoms with Gasteiger partial charge in [0.2, 0.25) is 5.91 Å². The summed E-state index contributed by atoms with van der Waals surface area (Å²) < 4.78 is 0. The molecule has 1 heterocycles. The van der Waals surface area contributed by atoms with Crippen LogP contribution in [0.4, 0.5) is 0 Å². The van der Waals surface area contributed by atoms with Crippen molar-refractivity contribution in [3.63, 3.8) is 0 Å². The highest BCUT2D eigenvalue weighted by Crippen LogP contribution is 2.24. The van der Waals surface area contributed by atoms with Crippen molar-refractivity contribution < 1.29 is 4.79 Å². The number of nitrogens with one attached hydrogen (secondary N) is 1. The molecule has 21 heavy (non-hydrogen) atoms. The second kappa shape index (κ2) is 7.07. The lowest BCUT2D eigenvalue weighted by Crippen LogP contribution is -2.56. The Morgan fingerprint density at radius 1 is 1.38 bits per heavy atom. The van der Waals surface area contributed by atoms with E-state index in [9.17, 15) is 4.79 Å². The summed E-state index contributed by atoms with van der Waals surface area (Å²) in [7, 11) is 2.20. The van der Waals surface area contributed by atoms with Crippen molar-refractivity contribution in [3.8, 4) is 0 Å². The van der Waals surface area contributed by atoms with Crippen LogP contribution < -0.4 is 11.1 Å². The van der Waals surface area contributed by atoms with Crippen LogP contribution in [0.3, 0.4) is 0 Å². The summed E-state index contributed by atoms with van der Waals surface area (Å²) in [6.07, 6.45) is 5.52. The lowest BCUT2D eigenvalue weighted by molar-refractivity contribution is -0.124. The molecule has 0 radical (unpaired) electrons. The smallest absolute Gasteiger partial charge is 0.237 e. The van der Waals surface area contributed by atoms with E-state index in [2.05, 4.69) is 29.1 Å². The molecule has 1 aliphatic heterocycles. The minimum Gasteiger partial charge on any atom is -0.368 e. The normalized spacial score (nSPS) is 28.0. The van der Waals surface area contributed by atoms with Crippen LogP contribution in [0, 0.1) is 0 Å². The molecule has 1 saturated carbocycles. The zero-order valence-corrected chi connectivity index (χ0v) is 13.9. The number of nitrogens with zero attached hydrogens (tertiary/aromatic N) is 2. The van der Waals surface area contributed by atoms with Gasteiger partial charge in [0, 0.05) is 25.2 Å². The standard InChI is InChI=1S/C16H32N4O/c1-4-14-12-19(3)9-5-10-20(14)11-8-16(2,15(17)21)18-13-6-7-13/h13-14,18H,4-12H2,1-3H3,(H2,17,21). The number of hydrogen-bond donors (Lipinski definition) is 2. The van der Waals surface area contributed by atoms with E-state index in [1.807, 2.05) is 6.92 Å². The summed E-state index contributed by atoms with van der Waals surface area (Å²) >= 11 is 0. The number of hydrogen-bond acceptors (Lipinski definition) is 4. The molecule has 0 bridgehead atoms. The van der Waals surface area contributed by atoms with E-state index >= 15 is 0 Å². The quantitative estimate of drug-likeness (QED) is 0.729. The Morgan fingerprint density at radius 2 is 2.10 bits per heavy atom. The second-order valence-corrected chi connectivity index (χ2v) is 7.08. The molecule has 3 N–H and O–H groups in total. The first-order valence-electron chi connectivity index (χ1n) is 8.45. The Labute approximate surface area is 129 Å². The Kier molecular flexibility index (Phi) is 5.63. The maximum atomic E-state index is 11.9. The van der Waals surface area contributed by atoms with Crippen LogP contribution in [-0.4, -0.2) is 66.6 Å². The number of rotatable bonds is 7. The third-order valence-electron chi connectivity index (χ3n) is 5.04. The van der Waals surface area contributed by atoms with E-state index in [1.54, 1.807) is 0 Å². The molecule has 2 aliphatic rings. The Morgan fingerprint density at radius 3 is 2.67 bits per heavy atom. The average molecular weight is 296 g/mol. The Balaban J connectivity index is 1.92. The highest BCUT2D eigenvalue weighted by Gasteiger charge is 2.37. The minimum atomic E-state index is -0.558.